The van der Waals surface area contributed by atoms with Crippen molar-refractivity contribution in [2.24, 2.45) is 0 Å². The highest BCUT2D eigenvalue weighted by atomic mass is 14.9. The fourth-order valence-electron chi connectivity index (χ4n) is 1.18. The van der Waals surface area contributed by atoms with E-state index < -0.39 is 0 Å². The molecule has 2 nitrogen and oxygen atoms in total. The lowest BCUT2D eigenvalue weighted by Gasteiger charge is -2.12. The minimum Gasteiger partial charge on any atom is -0.305 e. The minimum atomic E-state index is 0.251. The number of hydrogen-bond donors (Lipinski definition) is 1. The van der Waals surface area contributed by atoms with Gasteiger partial charge in [-0.2, -0.15) is 5.26 Å². The van der Waals surface area contributed by atoms with E-state index in [1.54, 1.807) is 0 Å². The molecular formula is C12H14N2. The number of benzene rings is 1. The molecule has 0 heterocycles. The fourth-order valence-corrected chi connectivity index (χ4v) is 1.18. The first-order chi connectivity index (χ1) is 6.74. The summed E-state index contributed by atoms with van der Waals surface area (Å²) in [5, 5.41) is 11.8. The van der Waals surface area contributed by atoms with E-state index in [1.165, 1.54) is 5.56 Å². The molecule has 1 aromatic carbocycles. The molecule has 72 valence electrons. The van der Waals surface area contributed by atoms with Crippen LogP contribution in [0.4, 0.5) is 0 Å². The third-order valence-electron chi connectivity index (χ3n) is 2.08. The smallest absolute Gasteiger partial charge is 0.0954 e. The summed E-state index contributed by atoms with van der Waals surface area (Å²) in [7, 11) is 0. The van der Waals surface area contributed by atoms with Crippen LogP contribution in [0.3, 0.4) is 0 Å². The number of nitrogens with zero attached hydrogens (tertiary/aromatic N) is 1. The SMILES string of the molecule is C=C(C#N)CNC(C)c1ccccc1. The summed E-state index contributed by atoms with van der Waals surface area (Å²) >= 11 is 0. The first-order valence-electron chi connectivity index (χ1n) is 4.60. The van der Waals surface area contributed by atoms with E-state index in [2.05, 4.69) is 31.0 Å². The molecule has 1 atom stereocenters. The van der Waals surface area contributed by atoms with Gasteiger partial charge in [0, 0.05) is 18.2 Å². The molecule has 0 amide bonds. The van der Waals surface area contributed by atoms with Crippen LogP contribution in [-0.2, 0) is 0 Å². The molecule has 1 aromatic rings. The fraction of sp³-hybridized carbons (Fsp3) is 0.250. The molecule has 1 unspecified atom stereocenters. The highest BCUT2D eigenvalue weighted by molar-refractivity contribution is 5.21. The number of rotatable bonds is 4. The van der Waals surface area contributed by atoms with Gasteiger partial charge in [0.2, 0.25) is 0 Å². The quantitative estimate of drug-likeness (QED) is 0.733. The van der Waals surface area contributed by atoms with Crippen LogP contribution >= 0.6 is 0 Å². The van der Waals surface area contributed by atoms with E-state index in [1.807, 2.05) is 24.3 Å². The molecule has 1 rings (SSSR count). The molecule has 0 spiro atoms. The molecule has 14 heavy (non-hydrogen) atoms. The Morgan fingerprint density at radius 2 is 2.14 bits per heavy atom. The summed E-state index contributed by atoms with van der Waals surface area (Å²) < 4.78 is 0. The maximum absolute atomic E-state index is 8.53. The van der Waals surface area contributed by atoms with Crippen LogP contribution in [0.1, 0.15) is 18.5 Å². The number of hydrogen-bond acceptors (Lipinski definition) is 2. The topological polar surface area (TPSA) is 35.8 Å². The van der Waals surface area contributed by atoms with Gasteiger partial charge in [0.15, 0.2) is 0 Å². The molecule has 2 heteroatoms. The average molecular weight is 186 g/mol. The van der Waals surface area contributed by atoms with E-state index in [0.29, 0.717) is 12.1 Å². The van der Waals surface area contributed by atoms with Crippen molar-refractivity contribution in [2.75, 3.05) is 6.54 Å². The van der Waals surface area contributed by atoms with Crippen LogP contribution in [0.15, 0.2) is 42.5 Å². The molecular weight excluding hydrogens is 172 g/mol. The Balaban J connectivity index is 2.48. The van der Waals surface area contributed by atoms with Gasteiger partial charge in [-0.05, 0) is 12.5 Å². The van der Waals surface area contributed by atoms with Gasteiger partial charge in [0.1, 0.15) is 0 Å². The summed E-state index contributed by atoms with van der Waals surface area (Å²) in [5.74, 6) is 0. The molecule has 0 fully saturated rings. The highest BCUT2D eigenvalue weighted by Crippen LogP contribution is 2.10. The Hall–Kier alpha value is -1.59. The molecule has 1 N–H and O–H groups in total. The second-order valence-corrected chi connectivity index (χ2v) is 3.23. The van der Waals surface area contributed by atoms with Crippen molar-refractivity contribution in [1.82, 2.24) is 5.32 Å². The first-order valence-corrected chi connectivity index (χ1v) is 4.60. The second-order valence-electron chi connectivity index (χ2n) is 3.23. The second kappa shape index (κ2) is 5.21. The Morgan fingerprint density at radius 3 is 2.71 bits per heavy atom. The van der Waals surface area contributed by atoms with Gasteiger partial charge in [-0.3, -0.25) is 0 Å². The van der Waals surface area contributed by atoms with E-state index in [0.717, 1.165) is 0 Å². The predicted molar refractivity (Wildman–Crippen MR) is 57.6 cm³/mol. The summed E-state index contributed by atoms with van der Waals surface area (Å²) in [6.45, 7) is 6.23. The van der Waals surface area contributed by atoms with Crippen LogP contribution in [0.5, 0.6) is 0 Å². The van der Waals surface area contributed by atoms with Crippen LogP contribution < -0.4 is 5.32 Å². The zero-order valence-electron chi connectivity index (χ0n) is 8.33. The molecule has 0 bridgehead atoms. The molecule has 0 radical (unpaired) electrons. The molecule has 0 saturated heterocycles. The normalized spacial score (nSPS) is 11.7. The lowest BCUT2D eigenvalue weighted by atomic mass is 10.1. The van der Waals surface area contributed by atoms with Crippen molar-refractivity contribution in [3.05, 3.63) is 48.0 Å². The first kappa shape index (κ1) is 10.5. The Bertz CT molecular complexity index is 335. The monoisotopic (exact) mass is 186 g/mol. The third kappa shape index (κ3) is 3.04. The molecule has 0 aromatic heterocycles. The lowest BCUT2D eigenvalue weighted by Crippen LogP contribution is -2.20. The van der Waals surface area contributed by atoms with Crippen LogP contribution in [0.2, 0.25) is 0 Å². The van der Waals surface area contributed by atoms with Gasteiger partial charge >= 0.3 is 0 Å². The van der Waals surface area contributed by atoms with E-state index >= 15 is 0 Å². The number of nitrogens with one attached hydrogen (secondary N) is 1. The Kier molecular flexibility index (Phi) is 3.90. The zero-order chi connectivity index (χ0) is 10.4. The largest absolute Gasteiger partial charge is 0.305 e. The van der Waals surface area contributed by atoms with Gasteiger partial charge in [-0.15, -0.1) is 0 Å². The van der Waals surface area contributed by atoms with Gasteiger partial charge in [0.25, 0.3) is 0 Å². The van der Waals surface area contributed by atoms with Crippen molar-refractivity contribution >= 4 is 0 Å². The molecule has 0 aliphatic heterocycles. The van der Waals surface area contributed by atoms with Gasteiger partial charge < -0.3 is 5.32 Å². The third-order valence-corrected chi connectivity index (χ3v) is 2.08. The standard InChI is InChI=1S/C12H14N2/c1-10(8-13)9-14-11(2)12-6-4-3-5-7-12/h3-7,11,14H,1,9H2,2H3. The van der Waals surface area contributed by atoms with Gasteiger partial charge in [-0.25, -0.2) is 0 Å². The van der Waals surface area contributed by atoms with Crippen molar-refractivity contribution in [1.29, 1.82) is 5.26 Å². The maximum Gasteiger partial charge on any atom is 0.0954 e. The van der Waals surface area contributed by atoms with E-state index in [-0.39, 0.29) is 6.04 Å². The van der Waals surface area contributed by atoms with Crippen molar-refractivity contribution in [2.45, 2.75) is 13.0 Å². The zero-order valence-corrected chi connectivity index (χ0v) is 8.33. The van der Waals surface area contributed by atoms with Crippen LogP contribution in [0.25, 0.3) is 0 Å². The Labute approximate surface area is 84.9 Å². The summed E-state index contributed by atoms with van der Waals surface area (Å²) in [5.41, 5.74) is 1.78. The lowest BCUT2D eigenvalue weighted by molar-refractivity contribution is 0.612. The minimum absolute atomic E-state index is 0.251. The highest BCUT2D eigenvalue weighted by Gasteiger charge is 2.03. The summed E-state index contributed by atoms with van der Waals surface area (Å²) in [4.78, 5) is 0. The number of nitriles is 1. The average Bonchev–Trinajstić information content (AvgIpc) is 2.26. The van der Waals surface area contributed by atoms with Crippen molar-refractivity contribution in [3.63, 3.8) is 0 Å². The summed E-state index contributed by atoms with van der Waals surface area (Å²) in [6, 6.07) is 12.4. The van der Waals surface area contributed by atoms with Crippen LogP contribution in [0, 0.1) is 11.3 Å². The predicted octanol–water partition coefficient (Wildman–Crippen LogP) is 2.42. The van der Waals surface area contributed by atoms with Crippen LogP contribution in [-0.4, -0.2) is 6.54 Å². The van der Waals surface area contributed by atoms with E-state index in [4.69, 9.17) is 5.26 Å². The van der Waals surface area contributed by atoms with Gasteiger partial charge in [-0.1, -0.05) is 36.9 Å². The van der Waals surface area contributed by atoms with Gasteiger partial charge in [0.05, 0.1) is 6.07 Å². The van der Waals surface area contributed by atoms with Crippen molar-refractivity contribution in [3.8, 4) is 6.07 Å². The summed E-state index contributed by atoms with van der Waals surface area (Å²) in [6.07, 6.45) is 0. The molecule has 0 aliphatic carbocycles. The van der Waals surface area contributed by atoms with Crippen molar-refractivity contribution < 1.29 is 0 Å². The maximum atomic E-state index is 8.53. The molecule has 0 aliphatic rings. The van der Waals surface area contributed by atoms with E-state index in [9.17, 15) is 0 Å². The Morgan fingerprint density at radius 1 is 1.50 bits per heavy atom. The molecule has 0 saturated carbocycles.